The van der Waals surface area contributed by atoms with E-state index in [-0.39, 0.29) is 11.8 Å². The Morgan fingerprint density at radius 3 is 2.59 bits per heavy atom. The van der Waals surface area contributed by atoms with Crippen LogP contribution in [0.4, 0.5) is 10.5 Å². The van der Waals surface area contributed by atoms with Gasteiger partial charge in [0.15, 0.2) is 5.78 Å². The molecule has 0 aliphatic carbocycles. The molecule has 1 aliphatic rings. The minimum Gasteiger partial charge on any atom is -0.379 e. The third-order valence-corrected chi connectivity index (χ3v) is 5.27. The zero-order valence-electron chi connectivity index (χ0n) is 17.8. The molecule has 4 rings (SSSR count). The topological polar surface area (TPSA) is 83.6 Å². The highest BCUT2D eigenvalue weighted by atomic mass is 16.5. The fraction of sp³-hybridized carbons (Fsp3) is 0.240. The van der Waals surface area contributed by atoms with Gasteiger partial charge in [0, 0.05) is 42.8 Å². The van der Waals surface area contributed by atoms with E-state index in [9.17, 15) is 9.59 Å². The van der Waals surface area contributed by atoms with E-state index in [0.29, 0.717) is 17.8 Å². The number of nitrogens with one attached hydrogen (secondary N) is 2. The molecule has 1 saturated heterocycles. The van der Waals surface area contributed by atoms with Gasteiger partial charge in [-0.3, -0.25) is 9.69 Å². The summed E-state index contributed by atoms with van der Waals surface area (Å²) in [5.41, 5.74) is 2.79. The molecule has 3 aromatic rings. The molecule has 0 unspecified atom stereocenters. The molecular weight excluding hydrogens is 404 g/mol. The van der Waals surface area contributed by atoms with Crippen molar-refractivity contribution < 1.29 is 14.3 Å². The molecule has 2 aromatic carbocycles. The van der Waals surface area contributed by atoms with Crippen molar-refractivity contribution in [2.75, 3.05) is 44.7 Å². The quantitative estimate of drug-likeness (QED) is 0.442. The third kappa shape index (κ3) is 6.00. The lowest BCUT2D eigenvalue weighted by Crippen LogP contribution is -2.42. The van der Waals surface area contributed by atoms with Crippen molar-refractivity contribution in [1.82, 2.24) is 15.2 Å². The number of hydrogen-bond donors (Lipinski definition) is 2. The van der Waals surface area contributed by atoms with Crippen LogP contribution in [0.2, 0.25) is 0 Å². The first-order chi connectivity index (χ1) is 15.7. The molecule has 0 atom stereocenters. The summed E-state index contributed by atoms with van der Waals surface area (Å²) in [4.78, 5) is 31.3. The number of urea groups is 1. The first kappa shape index (κ1) is 21.7. The summed E-state index contributed by atoms with van der Waals surface area (Å²) in [5, 5.41) is 6.70. The number of carbonyl (C=O) groups excluding carboxylic acids is 2. The summed E-state index contributed by atoms with van der Waals surface area (Å²) in [6, 6.07) is 18.3. The Balaban J connectivity index is 1.27. The minimum absolute atomic E-state index is 0.124. The molecule has 1 aromatic heterocycles. The summed E-state index contributed by atoms with van der Waals surface area (Å²) in [6.45, 7) is 4.63. The number of carbonyl (C=O) groups is 2. The van der Waals surface area contributed by atoms with E-state index in [1.165, 1.54) is 6.08 Å². The van der Waals surface area contributed by atoms with Crippen LogP contribution in [-0.4, -0.2) is 61.1 Å². The number of amides is 2. The highest BCUT2D eigenvalue weighted by molar-refractivity contribution is 6.07. The maximum atomic E-state index is 12.5. The van der Waals surface area contributed by atoms with Crippen molar-refractivity contribution in [3.63, 3.8) is 0 Å². The lowest BCUT2D eigenvalue weighted by atomic mass is 10.1. The highest BCUT2D eigenvalue weighted by Crippen LogP contribution is 2.14. The first-order valence-electron chi connectivity index (χ1n) is 10.7. The number of morpholine rings is 1. The third-order valence-electron chi connectivity index (χ3n) is 5.27. The number of pyridine rings is 1. The number of anilines is 1. The average molecular weight is 431 g/mol. The summed E-state index contributed by atoms with van der Waals surface area (Å²) >= 11 is 0. The number of benzene rings is 2. The van der Waals surface area contributed by atoms with Crippen molar-refractivity contribution in [1.29, 1.82) is 0 Å². The van der Waals surface area contributed by atoms with E-state index in [0.717, 1.165) is 49.4 Å². The summed E-state index contributed by atoms with van der Waals surface area (Å²) < 4.78 is 5.31. The van der Waals surface area contributed by atoms with E-state index in [1.807, 2.05) is 36.4 Å². The molecule has 1 fully saturated rings. The van der Waals surface area contributed by atoms with Gasteiger partial charge >= 0.3 is 6.03 Å². The predicted molar refractivity (Wildman–Crippen MR) is 126 cm³/mol. The van der Waals surface area contributed by atoms with Crippen LogP contribution in [-0.2, 0) is 4.74 Å². The lowest BCUT2D eigenvalue weighted by Gasteiger charge is -2.26. The molecule has 0 spiro atoms. The van der Waals surface area contributed by atoms with Crippen LogP contribution in [0.25, 0.3) is 17.0 Å². The number of ether oxygens (including phenoxy) is 1. The molecule has 7 nitrogen and oxygen atoms in total. The molecule has 2 amide bonds. The van der Waals surface area contributed by atoms with Crippen LogP contribution in [0.3, 0.4) is 0 Å². The summed E-state index contributed by atoms with van der Waals surface area (Å²) in [5.74, 6) is -0.124. The van der Waals surface area contributed by atoms with Crippen LogP contribution in [0, 0.1) is 0 Å². The van der Waals surface area contributed by atoms with E-state index >= 15 is 0 Å². The zero-order valence-corrected chi connectivity index (χ0v) is 17.8. The Morgan fingerprint density at radius 1 is 1.00 bits per heavy atom. The molecule has 7 heteroatoms. The molecule has 0 bridgehead atoms. The van der Waals surface area contributed by atoms with E-state index in [2.05, 4.69) is 20.5 Å². The molecule has 0 saturated carbocycles. The maximum Gasteiger partial charge on any atom is 0.319 e. The van der Waals surface area contributed by atoms with Gasteiger partial charge in [-0.15, -0.1) is 0 Å². The Bertz CT molecular complexity index is 1110. The van der Waals surface area contributed by atoms with Crippen molar-refractivity contribution in [3.05, 3.63) is 78.0 Å². The van der Waals surface area contributed by atoms with E-state index < -0.39 is 0 Å². The SMILES string of the molecule is O=C(NCCN1CCOCC1)Nc1ccc(C(=O)/C=C/c2ccc3ccccc3n2)cc1. The molecular formula is C25H26N4O3. The van der Waals surface area contributed by atoms with Gasteiger partial charge in [0.2, 0.25) is 0 Å². The number of para-hydroxylation sites is 1. The van der Waals surface area contributed by atoms with Gasteiger partial charge in [-0.25, -0.2) is 9.78 Å². The van der Waals surface area contributed by atoms with Gasteiger partial charge in [0.1, 0.15) is 0 Å². The van der Waals surface area contributed by atoms with Gasteiger partial charge in [-0.05, 0) is 48.6 Å². The second-order valence-electron chi connectivity index (χ2n) is 7.54. The van der Waals surface area contributed by atoms with Gasteiger partial charge in [0.05, 0.1) is 24.4 Å². The normalized spacial score (nSPS) is 14.5. The van der Waals surface area contributed by atoms with Crippen molar-refractivity contribution in [2.45, 2.75) is 0 Å². The molecule has 0 radical (unpaired) electrons. The molecule has 1 aliphatic heterocycles. The predicted octanol–water partition coefficient (Wildman–Crippen LogP) is 3.58. The average Bonchev–Trinajstić information content (AvgIpc) is 2.83. The second-order valence-corrected chi connectivity index (χ2v) is 7.54. The second kappa shape index (κ2) is 10.7. The minimum atomic E-state index is -0.264. The Hall–Kier alpha value is -3.55. The van der Waals surface area contributed by atoms with Crippen molar-refractivity contribution in [2.24, 2.45) is 0 Å². The Morgan fingerprint density at radius 2 is 1.78 bits per heavy atom. The van der Waals surface area contributed by atoms with Gasteiger partial charge in [-0.2, -0.15) is 0 Å². The van der Waals surface area contributed by atoms with Gasteiger partial charge in [0.25, 0.3) is 0 Å². The first-order valence-corrected chi connectivity index (χ1v) is 10.7. The number of fused-ring (bicyclic) bond motifs is 1. The van der Waals surface area contributed by atoms with Crippen LogP contribution in [0.1, 0.15) is 16.1 Å². The molecule has 32 heavy (non-hydrogen) atoms. The zero-order chi connectivity index (χ0) is 22.2. The van der Waals surface area contributed by atoms with Crippen LogP contribution in [0.5, 0.6) is 0 Å². The number of hydrogen-bond acceptors (Lipinski definition) is 5. The van der Waals surface area contributed by atoms with E-state index in [1.54, 1.807) is 30.3 Å². The summed E-state index contributed by atoms with van der Waals surface area (Å²) in [6.07, 6.45) is 3.22. The van der Waals surface area contributed by atoms with Crippen LogP contribution >= 0.6 is 0 Å². The van der Waals surface area contributed by atoms with Crippen molar-refractivity contribution in [3.8, 4) is 0 Å². The number of rotatable bonds is 7. The van der Waals surface area contributed by atoms with Gasteiger partial charge in [-0.1, -0.05) is 24.3 Å². The van der Waals surface area contributed by atoms with Crippen molar-refractivity contribution >= 4 is 34.5 Å². The smallest absolute Gasteiger partial charge is 0.319 e. The molecule has 2 N–H and O–H groups in total. The fourth-order valence-electron chi connectivity index (χ4n) is 3.48. The highest BCUT2D eigenvalue weighted by Gasteiger charge is 2.10. The monoisotopic (exact) mass is 430 g/mol. The standard InChI is InChI=1S/C25H26N4O3/c30-24(12-11-21-8-5-19-3-1-2-4-23(19)27-21)20-6-9-22(10-7-20)28-25(31)26-13-14-29-15-17-32-18-16-29/h1-12H,13-18H2,(H2,26,28,31)/b12-11+. The van der Waals surface area contributed by atoms with Crippen LogP contribution in [0.15, 0.2) is 66.7 Å². The molecule has 2 heterocycles. The lowest BCUT2D eigenvalue weighted by molar-refractivity contribution is 0.0388. The van der Waals surface area contributed by atoms with E-state index in [4.69, 9.17) is 4.74 Å². The van der Waals surface area contributed by atoms with Gasteiger partial charge < -0.3 is 15.4 Å². The Labute approximate surface area is 187 Å². The molecule has 164 valence electrons. The number of nitrogens with zero attached hydrogens (tertiary/aromatic N) is 2. The number of ketones is 1. The maximum absolute atomic E-state index is 12.5. The Kier molecular flexibility index (Phi) is 7.22. The largest absolute Gasteiger partial charge is 0.379 e. The van der Waals surface area contributed by atoms with Crippen LogP contribution < -0.4 is 10.6 Å². The number of allylic oxidation sites excluding steroid dienone is 1. The summed E-state index contributed by atoms with van der Waals surface area (Å²) in [7, 11) is 0. The fourth-order valence-corrected chi connectivity index (χ4v) is 3.48. The number of aromatic nitrogens is 1.